The number of benzene rings is 1. The van der Waals surface area contributed by atoms with E-state index in [4.69, 9.17) is 12.2 Å². The highest BCUT2D eigenvalue weighted by Crippen LogP contribution is 2.21. The summed E-state index contributed by atoms with van der Waals surface area (Å²) >= 11 is 5.06. The maximum absolute atomic E-state index is 5.06. The van der Waals surface area contributed by atoms with Crippen molar-refractivity contribution >= 4 is 17.9 Å². The Morgan fingerprint density at radius 3 is 2.29 bits per heavy atom. The number of hydrogen-bond acceptors (Lipinski definition) is 4. The minimum Gasteiger partial charge on any atom is -0.372 e. The molecule has 1 fully saturated rings. The van der Waals surface area contributed by atoms with Gasteiger partial charge in [0.15, 0.2) is 0 Å². The van der Waals surface area contributed by atoms with Crippen molar-refractivity contribution in [2.24, 2.45) is 0 Å². The minimum atomic E-state index is 0.443. The average Bonchev–Trinajstić information content (AvgIpc) is 3.00. The van der Waals surface area contributed by atoms with Gasteiger partial charge in [0.25, 0.3) is 0 Å². The first-order valence-electron chi connectivity index (χ1n) is 5.70. The summed E-state index contributed by atoms with van der Waals surface area (Å²) in [6, 6.07) is 8.29. The van der Waals surface area contributed by atoms with Crippen LogP contribution < -0.4 is 4.90 Å². The summed E-state index contributed by atoms with van der Waals surface area (Å²) in [6.07, 6.45) is 2.58. The molecule has 0 amide bonds. The molecule has 17 heavy (non-hydrogen) atoms. The molecule has 0 aliphatic carbocycles. The smallest absolute Gasteiger partial charge is 0.242 e. The number of H-pyrrole nitrogens is 1. The standard InChI is InChI=1S/C11H13N5S/c17-11-12-13-14-16(11)10-5-3-9(4-6-10)15-7-1-2-8-15/h3-6H,1-2,7-8H2,(H,12,14,17). The number of hydrogen-bond donors (Lipinski definition) is 1. The van der Waals surface area contributed by atoms with E-state index in [1.54, 1.807) is 4.68 Å². The quantitative estimate of drug-likeness (QED) is 0.824. The zero-order valence-corrected chi connectivity index (χ0v) is 10.2. The van der Waals surface area contributed by atoms with Gasteiger partial charge in [-0.1, -0.05) is 10.3 Å². The Morgan fingerprint density at radius 2 is 1.71 bits per heavy atom. The van der Waals surface area contributed by atoms with Crippen molar-refractivity contribution in [3.05, 3.63) is 29.0 Å². The molecule has 0 unspecified atom stereocenters. The van der Waals surface area contributed by atoms with Crippen LogP contribution in [-0.2, 0) is 0 Å². The van der Waals surface area contributed by atoms with Gasteiger partial charge >= 0.3 is 0 Å². The van der Waals surface area contributed by atoms with Crippen LogP contribution in [0.2, 0.25) is 0 Å². The van der Waals surface area contributed by atoms with Gasteiger partial charge in [-0.2, -0.15) is 5.21 Å². The van der Waals surface area contributed by atoms with Crippen molar-refractivity contribution in [3.8, 4) is 5.69 Å². The number of aromatic nitrogens is 4. The van der Waals surface area contributed by atoms with Crippen molar-refractivity contribution in [2.75, 3.05) is 18.0 Å². The normalized spacial score (nSPS) is 15.4. The van der Waals surface area contributed by atoms with E-state index in [0.29, 0.717) is 4.77 Å². The summed E-state index contributed by atoms with van der Waals surface area (Å²) in [7, 11) is 0. The molecule has 0 atom stereocenters. The van der Waals surface area contributed by atoms with E-state index in [2.05, 4.69) is 32.6 Å². The Bertz CT molecular complexity index is 550. The molecular weight excluding hydrogens is 234 g/mol. The molecule has 0 saturated carbocycles. The summed E-state index contributed by atoms with van der Waals surface area (Å²) in [6.45, 7) is 2.31. The maximum Gasteiger partial charge on any atom is 0.242 e. The Morgan fingerprint density at radius 1 is 1.06 bits per heavy atom. The highest BCUT2D eigenvalue weighted by atomic mass is 32.1. The van der Waals surface area contributed by atoms with Crippen LogP contribution in [0.25, 0.3) is 5.69 Å². The minimum absolute atomic E-state index is 0.443. The molecule has 6 heteroatoms. The Balaban J connectivity index is 1.90. The van der Waals surface area contributed by atoms with Crippen LogP contribution in [0.3, 0.4) is 0 Å². The van der Waals surface area contributed by atoms with Crippen LogP contribution in [0.5, 0.6) is 0 Å². The van der Waals surface area contributed by atoms with Crippen molar-refractivity contribution in [3.63, 3.8) is 0 Å². The molecule has 1 aliphatic heterocycles. The van der Waals surface area contributed by atoms with E-state index in [1.165, 1.54) is 18.5 Å². The summed E-state index contributed by atoms with van der Waals surface area (Å²) in [5.74, 6) is 0. The zero-order chi connectivity index (χ0) is 11.7. The number of rotatable bonds is 2. The third-order valence-corrected chi connectivity index (χ3v) is 3.31. The molecule has 3 rings (SSSR count). The lowest BCUT2D eigenvalue weighted by Crippen LogP contribution is -2.17. The van der Waals surface area contributed by atoms with Gasteiger partial charge in [0.1, 0.15) is 0 Å². The topological polar surface area (TPSA) is 49.7 Å². The van der Waals surface area contributed by atoms with E-state index in [1.807, 2.05) is 12.1 Å². The highest BCUT2D eigenvalue weighted by Gasteiger charge is 2.12. The van der Waals surface area contributed by atoms with Gasteiger partial charge in [-0.05, 0) is 49.3 Å². The molecule has 88 valence electrons. The molecule has 2 aromatic rings. The number of nitrogens with one attached hydrogen (secondary N) is 1. The Labute approximate surface area is 104 Å². The number of anilines is 1. The maximum atomic E-state index is 5.06. The SMILES string of the molecule is S=c1nn[nH]n1-c1ccc(N2CCCC2)cc1. The lowest BCUT2D eigenvalue weighted by atomic mass is 10.2. The molecule has 0 bridgehead atoms. The summed E-state index contributed by atoms with van der Waals surface area (Å²) < 4.78 is 2.13. The van der Waals surface area contributed by atoms with Gasteiger partial charge in [-0.15, -0.1) is 0 Å². The van der Waals surface area contributed by atoms with Crippen molar-refractivity contribution in [2.45, 2.75) is 12.8 Å². The van der Waals surface area contributed by atoms with Gasteiger partial charge in [0.2, 0.25) is 4.77 Å². The van der Waals surface area contributed by atoms with E-state index >= 15 is 0 Å². The van der Waals surface area contributed by atoms with Gasteiger partial charge in [0, 0.05) is 18.8 Å². The predicted octanol–water partition coefficient (Wildman–Crippen LogP) is 1.93. The van der Waals surface area contributed by atoms with Crippen LogP contribution in [0.15, 0.2) is 24.3 Å². The Hall–Kier alpha value is -1.69. The van der Waals surface area contributed by atoms with E-state index in [0.717, 1.165) is 18.8 Å². The first-order chi connectivity index (χ1) is 8.34. The van der Waals surface area contributed by atoms with E-state index < -0.39 is 0 Å². The fourth-order valence-corrected chi connectivity index (χ4v) is 2.34. The first kappa shape index (κ1) is 10.5. The van der Waals surface area contributed by atoms with Gasteiger partial charge in [-0.3, -0.25) is 0 Å². The van der Waals surface area contributed by atoms with Gasteiger partial charge < -0.3 is 4.90 Å². The number of aromatic amines is 1. The molecule has 0 radical (unpaired) electrons. The summed E-state index contributed by atoms with van der Waals surface area (Å²) in [5.41, 5.74) is 2.23. The summed E-state index contributed by atoms with van der Waals surface area (Å²) in [4.78, 5) is 2.40. The number of nitrogens with zero attached hydrogens (tertiary/aromatic N) is 4. The van der Waals surface area contributed by atoms with Gasteiger partial charge in [-0.25, -0.2) is 4.68 Å². The second-order valence-corrected chi connectivity index (χ2v) is 4.49. The van der Waals surface area contributed by atoms with Crippen LogP contribution in [0.1, 0.15) is 12.8 Å². The van der Waals surface area contributed by atoms with Crippen molar-refractivity contribution in [1.29, 1.82) is 0 Å². The molecular formula is C11H13N5S. The van der Waals surface area contributed by atoms with Crippen LogP contribution >= 0.6 is 12.2 Å². The number of tetrazole rings is 1. The fourth-order valence-electron chi connectivity index (χ4n) is 2.15. The van der Waals surface area contributed by atoms with Crippen molar-refractivity contribution in [1.82, 2.24) is 20.2 Å². The van der Waals surface area contributed by atoms with Gasteiger partial charge in [0.05, 0.1) is 5.69 Å². The Kier molecular flexibility index (Phi) is 2.64. The third-order valence-electron chi connectivity index (χ3n) is 3.05. The molecule has 1 aromatic carbocycles. The van der Waals surface area contributed by atoms with Crippen LogP contribution in [0, 0.1) is 4.77 Å². The predicted molar refractivity (Wildman–Crippen MR) is 68.0 cm³/mol. The molecule has 1 saturated heterocycles. The molecule has 1 N–H and O–H groups in total. The lowest BCUT2D eigenvalue weighted by Gasteiger charge is -2.17. The first-order valence-corrected chi connectivity index (χ1v) is 6.11. The molecule has 0 spiro atoms. The molecule has 2 heterocycles. The van der Waals surface area contributed by atoms with E-state index in [-0.39, 0.29) is 0 Å². The highest BCUT2D eigenvalue weighted by molar-refractivity contribution is 7.71. The lowest BCUT2D eigenvalue weighted by molar-refractivity contribution is 0.785. The second-order valence-electron chi connectivity index (χ2n) is 4.13. The summed E-state index contributed by atoms with van der Waals surface area (Å²) in [5, 5.41) is 10.2. The largest absolute Gasteiger partial charge is 0.372 e. The monoisotopic (exact) mass is 247 g/mol. The zero-order valence-electron chi connectivity index (χ0n) is 9.33. The average molecular weight is 247 g/mol. The molecule has 1 aliphatic rings. The second kappa shape index (κ2) is 4.29. The molecule has 1 aromatic heterocycles. The van der Waals surface area contributed by atoms with E-state index in [9.17, 15) is 0 Å². The third kappa shape index (κ3) is 1.95. The molecule has 5 nitrogen and oxygen atoms in total. The van der Waals surface area contributed by atoms with Crippen LogP contribution in [0.4, 0.5) is 5.69 Å². The fraction of sp³-hybridized carbons (Fsp3) is 0.364. The van der Waals surface area contributed by atoms with Crippen LogP contribution in [-0.4, -0.2) is 33.3 Å². The van der Waals surface area contributed by atoms with Crippen molar-refractivity contribution < 1.29 is 0 Å².